The third-order valence-corrected chi connectivity index (χ3v) is 3.78. The zero-order valence-corrected chi connectivity index (χ0v) is 13.2. The van der Waals surface area contributed by atoms with E-state index in [1.807, 2.05) is 42.5 Å². The Kier molecular flexibility index (Phi) is 4.52. The highest BCUT2D eigenvalue weighted by Crippen LogP contribution is 2.49. The lowest BCUT2D eigenvalue weighted by molar-refractivity contribution is 0.0847. The van der Waals surface area contributed by atoms with Crippen molar-refractivity contribution in [3.63, 3.8) is 0 Å². The molecular formula is C16H19O4P. The highest BCUT2D eigenvalue weighted by atomic mass is 31.2. The van der Waals surface area contributed by atoms with Crippen molar-refractivity contribution >= 4 is 7.82 Å². The predicted octanol–water partition coefficient (Wildman–Crippen LogP) is 4.65. The van der Waals surface area contributed by atoms with E-state index in [0.29, 0.717) is 5.75 Å². The molecule has 0 bridgehead atoms. The molecule has 0 spiro atoms. The number of para-hydroxylation sites is 1. The molecule has 0 heterocycles. The Morgan fingerprint density at radius 2 is 1.52 bits per heavy atom. The molecule has 4 nitrogen and oxygen atoms in total. The van der Waals surface area contributed by atoms with Crippen molar-refractivity contribution < 1.29 is 18.5 Å². The average molecular weight is 306 g/mol. The van der Waals surface area contributed by atoms with Crippen LogP contribution >= 0.6 is 7.82 Å². The molecule has 21 heavy (non-hydrogen) atoms. The van der Waals surface area contributed by atoms with Crippen LogP contribution in [0.1, 0.15) is 20.8 Å². The van der Waals surface area contributed by atoms with Gasteiger partial charge in [-0.25, -0.2) is 4.57 Å². The first-order valence-electron chi connectivity index (χ1n) is 6.64. The largest absolute Gasteiger partial charge is 0.527 e. The van der Waals surface area contributed by atoms with E-state index in [1.54, 1.807) is 32.9 Å². The maximum atomic E-state index is 12.1. The van der Waals surface area contributed by atoms with E-state index in [4.69, 9.17) is 9.05 Å². The van der Waals surface area contributed by atoms with Crippen LogP contribution in [-0.2, 0) is 9.09 Å². The number of benzene rings is 2. The molecule has 0 aliphatic heterocycles. The highest BCUT2D eigenvalue weighted by Gasteiger charge is 2.31. The summed E-state index contributed by atoms with van der Waals surface area (Å²) in [5, 5.41) is 0. The summed E-state index contributed by atoms with van der Waals surface area (Å²) in [5.74, 6) is 0.318. The second kappa shape index (κ2) is 6.02. The maximum Gasteiger partial charge on any atom is 0.527 e. The van der Waals surface area contributed by atoms with Crippen molar-refractivity contribution in [3.8, 4) is 16.9 Å². The van der Waals surface area contributed by atoms with E-state index in [1.165, 1.54) is 0 Å². The van der Waals surface area contributed by atoms with Gasteiger partial charge < -0.3 is 4.52 Å². The standard InChI is InChI=1S/C16H19O4P/c1-16(2,3)20-21(17,18)19-15-12-8-7-11-14(15)13-9-5-4-6-10-13/h4-12H,1-3H3,(H,17,18). The van der Waals surface area contributed by atoms with Gasteiger partial charge in [-0.1, -0.05) is 48.5 Å². The molecule has 0 fully saturated rings. The van der Waals surface area contributed by atoms with Crippen LogP contribution in [0.4, 0.5) is 0 Å². The van der Waals surface area contributed by atoms with E-state index in [0.717, 1.165) is 11.1 Å². The van der Waals surface area contributed by atoms with Gasteiger partial charge in [0.05, 0.1) is 5.60 Å². The van der Waals surface area contributed by atoms with Crippen molar-refractivity contribution in [1.29, 1.82) is 0 Å². The number of phosphoric acid groups is 1. The Balaban J connectivity index is 2.32. The molecule has 0 radical (unpaired) electrons. The summed E-state index contributed by atoms with van der Waals surface area (Å²) in [7, 11) is -4.18. The average Bonchev–Trinajstić information content (AvgIpc) is 2.37. The van der Waals surface area contributed by atoms with Crippen molar-refractivity contribution in [2.45, 2.75) is 26.4 Å². The van der Waals surface area contributed by atoms with Crippen LogP contribution in [0.5, 0.6) is 5.75 Å². The van der Waals surface area contributed by atoms with Gasteiger partial charge in [0, 0.05) is 5.56 Å². The predicted molar refractivity (Wildman–Crippen MR) is 83.2 cm³/mol. The zero-order chi connectivity index (χ0) is 15.5. The molecule has 5 heteroatoms. The fraction of sp³-hybridized carbons (Fsp3) is 0.250. The van der Waals surface area contributed by atoms with Gasteiger partial charge in [0.1, 0.15) is 5.75 Å². The number of phosphoric ester groups is 1. The van der Waals surface area contributed by atoms with Gasteiger partial charge in [0.15, 0.2) is 0 Å². The van der Waals surface area contributed by atoms with E-state index >= 15 is 0 Å². The maximum absolute atomic E-state index is 12.1. The fourth-order valence-electron chi connectivity index (χ4n) is 1.89. The van der Waals surface area contributed by atoms with Crippen LogP contribution in [0.3, 0.4) is 0 Å². The molecule has 0 saturated heterocycles. The molecular weight excluding hydrogens is 287 g/mol. The Morgan fingerprint density at radius 3 is 2.14 bits per heavy atom. The molecule has 0 aromatic heterocycles. The lowest BCUT2D eigenvalue weighted by Crippen LogP contribution is -2.18. The van der Waals surface area contributed by atoms with Crippen molar-refractivity contribution in [2.24, 2.45) is 0 Å². The molecule has 0 aliphatic rings. The van der Waals surface area contributed by atoms with Crippen LogP contribution in [0.15, 0.2) is 54.6 Å². The molecule has 0 saturated carbocycles. The second-order valence-electron chi connectivity index (χ2n) is 5.63. The van der Waals surface area contributed by atoms with Crippen LogP contribution in [0.25, 0.3) is 11.1 Å². The first-order chi connectivity index (χ1) is 9.77. The Bertz CT molecular complexity index is 647. The minimum Gasteiger partial charge on any atom is -0.403 e. The smallest absolute Gasteiger partial charge is 0.403 e. The van der Waals surface area contributed by atoms with Gasteiger partial charge in [-0.15, -0.1) is 0 Å². The molecule has 2 rings (SSSR count). The summed E-state index contributed by atoms with van der Waals surface area (Å²) in [6.45, 7) is 5.09. The molecule has 2 aromatic rings. The Hall–Kier alpha value is -1.61. The zero-order valence-electron chi connectivity index (χ0n) is 12.3. The second-order valence-corrected chi connectivity index (χ2v) is 6.93. The summed E-state index contributed by atoms with van der Waals surface area (Å²) >= 11 is 0. The van der Waals surface area contributed by atoms with Gasteiger partial charge in [-0.05, 0) is 32.4 Å². The van der Waals surface area contributed by atoms with Crippen LogP contribution in [0, 0.1) is 0 Å². The van der Waals surface area contributed by atoms with Crippen LogP contribution in [0.2, 0.25) is 0 Å². The minimum absolute atomic E-state index is 0.318. The summed E-state index contributed by atoms with van der Waals surface area (Å²) in [6, 6.07) is 16.6. The van der Waals surface area contributed by atoms with Crippen molar-refractivity contribution in [1.82, 2.24) is 0 Å². The highest BCUT2D eigenvalue weighted by molar-refractivity contribution is 7.47. The van der Waals surface area contributed by atoms with Gasteiger partial charge in [-0.3, -0.25) is 9.42 Å². The molecule has 1 unspecified atom stereocenters. The molecule has 2 aromatic carbocycles. The van der Waals surface area contributed by atoms with E-state index in [9.17, 15) is 9.46 Å². The number of rotatable bonds is 4. The van der Waals surface area contributed by atoms with Crippen LogP contribution < -0.4 is 4.52 Å². The quantitative estimate of drug-likeness (QED) is 0.835. The van der Waals surface area contributed by atoms with Gasteiger partial charge >= 0.3 is 7.82 Å². The normalized spacial score (nSPS) is 14.5. The molecule has 0 aliphatic carbocycles. The SMILES string of the molecule is CC(C)(C)OP(=O)(O)Oc1ccccc1-c1ccccc1. The fourth-order valence-corrected chi connectivity index (χ4v) is 3.03. The Morgan fingerprint density at radius 1 is 0.952 bits per heavy atom. The summed E-state index contributed by atoms with van der Waals surface area (Å²) in [5.41, 5.74) is 0.875. The number of hydrogen-bond acceptors (Lipinski definition) is 3. The Labute approximate surface area is 125 Å². The monoisotopic (exact) mass is 306 g/mol. The summed E-state index contributed by atoms with van der Waals surface area (Å²) < 4.78 is 22.5. The lowest BCUT2D eigenvalue weighted by Gasteiger charge is -2.23. The molecule has 112 valence electrons. The number of hydrogen-bond donors (Lipinski definition) is 1. The van der Waals surface area contributed by atoms with Crippen molar-refractivity contribution in [3.05, 3.63) is 54.6 Å². The van der Waals surface area contributed by atoms with Gasteiger partial charge in [0.2, 0.25) is 0 Å². The van der Waals surface area contributed by atoms with Gasteiger partial charge in [0.25, 0.3) is 0 Å². The van der Waals surface area contributed by atoms with E-state index in [2.05, 4.69) is 0 Å². The topological polar surface area (TPSA) is 55.8 Å². The minimum atomic E-state index is -4.18. The van der Waals surface area contributed by atoms with E-state index < -0.39 is 13.4 Å². The van der Waals surface area contributed by atoms with E-state index in [-0.39, 0.29) is 0 Å². The first-order valence-corrected chi connectivity index (χ1v) is 8.14. The molecule has 1 N–H and O–H groups in total. The first kappa shape index (κ1) is 15.8. The van der Waals surface area contributed by atoms with Crippen molar-refractivity contribution in [2.75, 3.05) is 0 Å². The van der Waals surface area contributed by atoms with Crippen LogP contribution in [-0.4, -0.2) is 10.5 Å². The third kappa shape index (κ3) is 4.71. The lowest BCUT2D eigenvalue weighted by atomic mass is 10.1. The van der Waals surface area contributed by atoms with Gasteiger partial charge in [-0.2, -0.15) is 0 Å². The molecule has 1 atom stereocenters. The summed E-state index contributed by atoms with van der Waals surface area (Å²) in [4.78, 5) is 9.89. The molecule has 0 amide bonds. The summed E-state index contributed by atoms with van der Waals surface area (Å²) in [6.07, 6.45) is 0. The third-order valence-electron chi connectivity index (χ3n) is 2.57.